The van der Waals surface area contributed by atoms with Gasteiger partial charge in [-0.05, 0) is 44.1 Å². The Hall–Kier alpha value is -1.39. The van der Waals surface area contributed by atoms with Gasteiger partial charge in [-0.15, -0.1) is 0 Å². The number of rotatable bonds is 7. The molecule has 1 aromatic carbocycles. The number of hydrogen-bond donors (Lipinski definition) is 2. The molecule has 0 bridgehead atoms. The van der Waals surface area contributed by atoms with Crippen LogP contribution in [0.2, 0.25) is 0 Å². The van der Waals surface area contributed by atoms with Crippen LogP contribution in [0.5, 0.6) is 0 Å². The summed E-state index contributed by atoms with van der Waals surface area (Å²) in [5.74, 6) is 0.107. The molecule has 0 aromatic heterocycles. The summed E-state index contributed by atoms with van der Waals surface area (Å²) in [6.45, 7) is 4.75. The van der Waals surface area contributed by atoms with Crippen LogP contribution in [0.15, 0.2) is 24.3 Å². The van der Waals surface area contributed by atoms with Crippen molar-refractivity contribution in [2.24, 2.45) is 0 Å². The average Bonchev–Trinajstić information content (AvgIpc) is 2.97. The Labute approximate surface area is 121 Å². The van der Waals surface area contributed by atoms with E-state index in [1.54, 1.807) is 0 Å². The summed E-state index contributed by atoms with van der Waals surface area (Å²) in [5.41, 5.74) is 2.57. The summed E-state index contributed by atoms with van der Waals surface area (Å²) in [5, 5.41) is 5.99. The molecule has 0 spiro atoms. The van der Waals surface area contributed by atoms with Gasteiger partial charge in [-0.3, -0.25) is 9.69 Å². The van der Waals surface area contributed by atoms with Crippen molar-refractivity contribution in [2.75, 3.05) is 26.7 Å². The van der Waals surface area contributed by atoms with Crippen molar-refractivity contribution >= 4 is 5.91 Å². The van der Waals surface area contributed by atoms with Crippen LogP contribution in [0.3, 0.4) is 0 Å². The van der Waals surface area contributed by atoms with Crippen LogP contribution in [0.1, 0.15) is 30.4 Å². The van der Waals surface area contributed by atoms with Gasteiger partial charge in [0.05, 0.1) is 0 Å². The fraction of sp³-hybridized carbons (Fsp3) is 0.562. The SMILES string of the molecule is CNCCC(=O)NCc1ccccc1CN1CCCC1. The fourth-order valence-corrected chi connectivity index (χ4v) is 2.59. The van der Waals surface area contributed by atoms with Gasteiger partial charge in [0.25, 0.3) is 0 Å². The molecule has 1 fully saturated rings. The number of likely N-dealkylation sites (tertiary alicyclic amines) is 1. The maximum atomic E-state index is 11.7. The molecule has 1 aromatic rings. The molecular formula is C16H25N3O. The van der Waals surface area contributed by atoms with Crippen LogP contribution >= 0.6 is 0 Å². The van der Waals surface area contributed by atoms with Crippen LogP contribution in [0, 0.1) is 0 Å². The molecule has 1 heterocycles. The van der Waals surface area contributed by atoms with E-state index in [2.05, 4.69) is 33.7 Å². The minimum absolute atomic E-state index is 0.107. The molecule has 1 amide bonds. The van der Waals surface area contributed by atoms with Crippen molar-refractivity contribution in [3.05, 3.63) is 35.4 Å². The Morgan fingerprint density at radius 2 is 1.90 bits per heavy atom. The van der Waals surface area contributed by atoms with Crippen molar-refractivity contribution in [3.8, 4) is 0 Å². The zero-order chi connectivity index (χ0) is 14.2. The van der Waals surface area contributed by atoms with Gasteiger partial charge in [0.15, 0.2) is 0 Å². The Balaban J connectivity index is 1.88. The van der Waals surface area contributed by atoms with Gasteiger partial charge in [-0.2, -0.15) is 0 Å². The van der Waals surface area contributed by atoms with E-state index < -0.39 is 0 Å². The second-order valence-electron chi connectivity index (χ2n) is 5.38. The Bertz CT molecular complexity index is 427. The third-order valence-electron chi connectivity index (χ3n) is 3.79. The molecular weight excluding hydrogens is 250 g/mol. The van der Waals surface area contributed by atoms with E-state index >= 15 is 0 Å². The van der Waals surface area contributed by atoms with Crippen LogP contribution in [0.25, 0.3) is 0 Å². The zero-order valence-electron chi connectivity index (χ0n) is 12.3. The molecule has 1 aliphatic heterocycles. The maximum Gasteiger partial charge on any atom is 0.221 e. The number of benzene rings is 1. The van der Waals surface area contributed by atoms with Crippen LogP contribution in [-0.2, 0) is 17.9 Å². The summed E-state index contributed by atoms with van der Waals surface area (Å²) in [6.07, 6.45) is 3.15. The molecule has 4 heteroatoms. The lowest BCUT2D eigenvalue weighted by atomic mass is 10.1. The highest BCUT2D eigenvalue weighted by Gasteiger charge is 2.13. The first-order chi connectivity index (χ1) is 9.79. The summed E-state index contributed by atoms with van der Waals surface area (Å²) >= 11 is 0. The lowest BCUT2D eigenvalue weighted by Gasteiger charge is -2.17. The summed E-state index contributed by atoms with van der Waals surface area (Å²) in [4.78, 5) is 14.2. The highest BCUT2D eigenvalue weighted by atomic mass is 16.1. The summed E-state index contributed by atoms with van der Waals surface area (Å²) in [7, 11) is 1.86. The van der Waals surface area contributed by atoms with E-state index in [0.29, 0.717) is 13.0 Å². The number of carbonyl (C=O) groups is 1. The summed E-state index contributed by atoms with van der Waals surface area (Å²) < 4.78 is 0. The average molecular weight is 275 g/mol. The van der Waals surface area contributed by atoms with Crippen LogP contribution in [-0.4, -0.2) is 37.5 Å². The third kappa shape index (κ3) is 4.62. The Kier molecular flexibility index (Phi) is 6.02. The first-order valence-electron chi connectivity index (χ1n) is 7.50. The predicted molar refractivity (Wildman–Crippen MR) is 81.3 cm³/mol. The topological polar surface area (TPSA) is 44.4 Å². The van der Waals surface area contributed by atoms with Crippen LogP contribution in [0.4, 0.5) is 0 Å². The molecule has 0 unspecified atom stereocenters. The molecule has 1 aliphatic rings. The van der Waals surface area contributed by atoms with Crippen molar-refractivity contribution in [1.29, 1.82) is 0 Å². The van der Waals surface area contributed by atoms with Gasteiger partial charge in [-0.25, -0.2) is 0 Å². The lowest BCUT2D eigenvalue weighted by molar-refractivity contribution is -0.121. The third-order valence-corrected chi connectivity index (χ3v) is 3.79. The number of hydrogen-bond acceptors (Lipinski definition) is 3. The quantitative estimate of drug-likeness (QED) is 0.793. The van der Waals surface area contributed by atoms with Crippen molar-refractivity contribution < 1.29 is 4.79 Å². The molecule has 0 aliphatic carbocycles. The van der Waals surface area contributed by atoms with Gasteiger partial charge < -0.3 is 10.6 Å². The van der Waals surface area contributed by atoms with Gasteiger partial charge in [-0.1, -0.05) is 24.3 Å². The smallest absolute Gasteiger partial charge is 0.221 e. The standard InChI is InChI=1S/C16H25N3O/c1-17-9-8-16(20)18-12-14-6-2-3-7-15(14)13-19-10-4-5-11-19/h2-3,6-7,17H,4-5,8-13H2,1H3,(H,18,20). The van der Waals surface area contributed by atoms with E-state index in [4.69, 9.17) is 0 Å². The first-order valence-corrected chi connectivity index (χ1v) is 7.50. The van der Waals surface area contributed by atoms with E-state index in [1.165, 1.54) is 37.1 Å². The molecule has 0 saturated carbocycles. The van der Waals surface area contributed by atoms with Gasteiger partial charge in [0, 0.05) is 26.1 Å². The molecule has 0 atom stereocenters. The van der Waals surface area contributed by atoms with Crippen molar-refractivity contribution in [2.45, 2.75) is 32.4 Å². The predicted octanol–water partition coefficient (Wildman–Crippen LogP) is 1.51. The highest BCUT2D eigenvalue weighted by molar-refractivity contribution is 5.76. The Morgan fingerprint density at radius 3 is 2.60 bits per heavy atom. The summed E-state index contributed by atoms with van der Waals surface area (Å²) in [6, 6.07) is 8.41. The molecule has 20 heavy (non-hydrogen) atoms. The zero-order valence-corrected chi connectivity index (χ0v) is 12.3. The van der Waals surface area contributed by atoms with Crippen molar-refractivity contribution in [3.63, 3.8) is 0 Å². The molecule has 4 nitrogen and oxygen atoms in total. The first kappa shape index (κ1) is 15.0. The second-order valence-corrected chi connectivity index (χ2v) is 5.38. The van der Waals surface area contributed by atoms with E-state index in [0.717, 1.165) is 13.1 Å². The Morgan fingerprint density at radius 1 is 1.20 bits per heavy atom. The fourth-order valence-electron chi connectivity index (χ4n) is 2.59. The minimum Gasteiger partial charge on any atom is -0.352 e. The van der Waals surface area contributed by atoms with Crippen molar-refractivity contribution in [1.82, 2.24) is 15.5 Å². The minimum atomic E-state index is 0.107. The molecule has 110 valence electrons. The van der Waals surface area contributed by atoms with Gasteiger partial charge in [0.2, 0.25) is 5.91 Å². The number of nitrogens with zero attached hydrogens (tertiary/aromatic N) is 1. The largest absolute Gasteiger partial charge is 0.352 e. The number of carbonyl (C=O) groups excluding carboxylic acids is 1. The normalized spacial score (nSPS) is 15.4. The lowest BCUT2D eigenvalue weighted by Crippen LogP contribution is -2.27. The maximum absolute atomic E-state index is 11.7. The highest BCUT2D eigenvalue weighted by Crippen LogP contribution is 2.16. The van der Waals surface area contributed by atoms with Gasteiger partial charge >= 0.3 is 0 Å². The molecule has 0 radical (unpaired) electrons. The molecule has 2 rings (SSSR count). The molecule has 2 N–H and O–H groups in total. The molecule has 1 saturated heterocycles. The van der Waals surface area contributed by atoms with E-state index in [-0.39, 0.29) is 5.91 Å². The number of nitrogens with one attached hydrogen (secondary N) is 2. The monoisotopic (exact) mass is 275 g/mol. The number of amides is 1. The van der Waals surface area contributed by atoms with Crippen LogP contribution < -0.4 is 10.6 Å². The van der Waals surface area contributed by atoms with E-state index in [9.17, 15) is 4.79 Å². The second kappa shape index (κ2) is 8.02. The van der Waals surface area contributed by atoms with Gasteiger partial charge in [0.1, 0.15) is 0 Å². The van der Waals surface area contributed by atoms with E-state index in [1.807, 2.05) is 13.1 Å².